The third-order valence-corrected chi connectivity index (χ3v) is 3.83. The number of hydrogen-bond acceptors (Lipinski definition) is 3. The van der Waals surface area contributed by atoms with Gasteiger partial charge in [-0.25, -0.2) is 0 Å². The van der Waals surface area contributed by atoms with Crippen LogP contribution < -0.4 is 5.32 Å². The van der Waals surface area contributed by atoms with Crippen LogP contribution in [-0.4, -0.2) is 31.1 Å². The summed E-state index contributed by atoms with van der Waals surface area (Å²) in [4.78, 5) is 12.1. The standard InChI is InChI=1S/C12H21NO2/c1-9-11(13-6-7-15-9)10(14)8-12(2)4-3-5-12/h9,11,13H,3-8H2,1-2H3. The van der Waals surface area contributed by atoms with E-state index in [4.69, 9.17) is 4.74 Å². The largest absolute Gasteiger partial charge is 0.375 e. The van der Waals surface area contributed by atoms with Gasteiger partial charge >= 0.3 is 0 Å². The summed E-state index contributed by atoms with van der Waals surface area (Å²) in [6, 6.07) is -0.0730. The second-order valence-corrected chi connectivity index (χ2v) is 5.32. The molecule has 0 aromatic rings. The quantitative estimate of drug-likeness (QED) is 0.769. The van der Waals surface area contributed by atoms with Gasteiger partial charge in [-0.15, -0.1) is 0 Å². The average Bonchev–Trinajstić information content (AvgIpc) is 2.16. The molecule has 1 saturated heterocycles. The van der Waals surface area contributed by atoms with Gasteiger partial charge in [0.25, 0.3) is 0 Å². The van der Waals surface area contributed by atoms with E-state index in [1.165, 1.54) is 19.3 Å². The van der Waals surface area contributed by atoms with Crippen LogP contribution in [0.25, 0.3) is 0 Å². The number of carbonyl (C=O) groups is 1. The van der Waals surface area contributed by atoms with Crippen LogP contribution >= 0.6 is 0 Å². The molecule has 0 bridgehead atoms. The lowest BCUT2D eigenvalue weighted by molar-refractivity contribution is -0.130. The predicted octanol–water partition coefficient (Wildman–Crippen LogP) is 1.51. The second-order valence-electron chi connectivity index (χ2n) is 5.32. The first-order valence-electron chi connectivity index (χ1n) is 5.98. The summed E-state index contributed by atoms with van der Waals surface area (Å²) in [6.07, 6.45) is 4.46. The minimum atomic E-state index is -0.0730. The summed E-state index contributed by atoms with van der Waals surface area (Å²) < 4.78 is 5.49. The maximum atomic E-state index is 12.1. The van der Waals surface area contributed by atoms with E-state index in [-0.39, 0.29) is 17.6 Å². The van der Waals surface area contributed by atoms with Crippen LogP contribution in [0, 0.1) is 5.41 Å². The molecule has 2 unspecified atom stereocenters. The van der Waals surface area contributed by atoms with E-state index in [0.29, 0.717) is 5.78 Å². The predicted molar refractivity (Wildman–Crippen MR) is 58.8 cm³/mol. The molecule has 0 aromatic heterocycles. The molecule has 3 nitrogen and oxygen atoms in total. The van der Waals surface area contributed by atoms with Crippen LogP contribution in [0.5, 0.6) is 0 Å². The molecule has 1 N–H and O–H groups in total. The third kappa shape index (κ3) is 2.40. The number of carbonyl (C=O) groups excluding carboxylic acids is 1. The van der Waals surface area contributed by atoms with Crippen molar-refractivity contribution in [3.63, 3.8) is 0 Å². The highest BCUT2D eigenvalue weighted by molar-refractivity contribution is 5.85. The van der Waals surface area contributed by atoms with Crippen molar-refractivity contribution < 1.29 is 9.53 Å². The van der Waals surface area contributed by atoms with Crippen molar-refractivity contribution in [3.05, 3.63) is 0 Å². The number of hydrogen-bond donors (Lipinski definition) is 1. The van der Waals surface area contributed by atoms with E-state index in [1.54, 1.807) is 0 Å². The van der Waals surface area contributed by atoms with Gasteiger partial charge in [-0.2, -0.15) is 0 Å². The molecule has 86 valence electrons. The average molecular weight is 211 g/mol. The van der Waals surface area contributed by atoms with Gasteiger partial charge in [0.05, 0.1) is 18.8 Å². The third-order valence-electron chi connectivity index (χ3n) is 3.83. The van der Waals surface area contributed by atoms with Gasteiger partial charge in [0.1, 0.15) is 0 Å². The molecule has 15 heavy (non-hydrogen) atoms. The number of nitrogens with one attached hydrogen (secondary N) is 1. The van der Waals surface area contributed by atoms with Crippen LogP contribution in [0.15, 0.2) is 0 Å². The Kier molecular flexibility index (Phi) is 3.12. The second kappa shape index (κ2) is 4.22. The van der Waals surface area contributed by atoms with Crippen molar-refractivity contribution in [1.29, 1.82) is 0 Å². The van der Waals surface area contributed by atoms with E-state index >= 15 is 0 Å². The highest BCUT2D eigenvalue weighted by Crippen LogP contribution is 2.43. The highest BCUT2D eigenvalue weighted by atomic mass is 16.5. The molecule has 1 aliphatic heterocycles. The molecule has 0 spiro atoms. The van der Waals surface area contributed by atoms with E-state index < -0.39 is 0 Å². The zero-order valence-electron chi connectivity index (χ0n) is 9.71. The molecule has 0 amide bonds. The van der Waals surface area contributed by atoms with Crippen molar-refractivity contribution in [2.24, 2.45) is 5.41 Å². The topological polar surface area (TPSA) is 38.3 Å². The van der Waals surface area contributed by atoms with Crippen LogP contribution in [0.2, 0.25) is 0 Å². The normalized spacial score (nSPS) is 34.5. The van der Waals surface area contributed by atoms with Crippen molar-refractivity contribution >= 4 is 5.78 Å². The van der Waals surface area contributed by atoms with Crippen LogP contribution in [0.1, 0.15) is 39.5 Å². The van der Waals surface area contributed by atoms with E-state index in [0.717, 1.165) is 19.6 Å². The zero-order chi connectivity index (χ0) is 10.9. The van der Waals surface area contributed by atoms with E-state index in [2.05, 4.69) is 12.2 Å². The summed E-state index contributed by atoms with van der Waals surface area (Å²) in [5.41, 5.74) is 0.288. The van der Waals surface area contributed by atoms with E-state index in [1.807, 2.05) is 6.92 Å². The van der Waals surface area contributed by atoms with Gasteiger partial charge in [0.15, 0.2) is 5.78 Å². The molecule has 0 aromatic carbocycles. The van der Waals surface area contributed by atoms with Gasteiger partial charge in [0.2, 0.25) is 0 Å². The van der Waals surface area contributed by atoms with Crippen LogP contribution in [0.3, 0.4) is 0 Å². The van der Waals surface area contributed by atoms with Crippen molar-refractivity contribution in [1.82, 2.24) is 5.32 Å². The first-order valence-corrected chi connectivity index (χ1v) is 5.98. The number of rotatable bonds is 3. The Bertz CT molecular complexity index is 248. The molecule has 2 rings (SSSR count). The van der Waals surface area contributed by atoms with E-state index in [9.17, 15) is 4.79 Å². The monoisotopic (exact) mass is 211 g/mol. The van der Waals surface area contributed by atoms with Gasteiger partial charge in [0, 0.05) is 13.0 Å². The molecule has 3 heteroatoms. The first-order chi connectivity index (χ1) is 7.11. The number of morpholine rings is 1. The minimum absolute atomic E-state index is 0.0370. The minimum Gasteiger partial charge on any atom is -0.375 e. The van der Waals surface area contributed by atoms with Crippen LogP contribution in [0.4, 0.5) is 0 Å². The molecular weight excluding hydrogens is 190 g/mol. The lowest BCUT2D eigenvalue weighted by Gasteiger charge is -2.40. The molecule has 1 heterocycles. The number of Topliss-reactive ketones (excluding diaryl/α,β-unsaturated/α-hetero) is 1. The van der Waals surface area contributed by atoms with Gasteiger partial charge in [-0.3, -0.25) is 4.79 Å². The van der Waals surface area contributed by atoms with Crippen molar-refractivity contribution in [2.75, 3.05) is 13.2 Å². The fourth-order valence-electron chi connectivity index (χ4n) is 2.58. The van der Waals surface area contributed by atoms with Crippen molar-refractivity contribution in [2.45, 2.75) is 51.7 Å². The lowest BCUT2D eigenvalue weighted by Crippen LogP contribution is -2.52. The van der Waals surface area contributed by atoms with Gasteiger partial charge in [-0.1, -0.05) is 13.3 Å². The summed E-state index contributed by atoms with van der Waals surface area (Å²) in [7, 11) is 0. The molecule has 0 radical (unpaired) electrons. The molecule has 1 aliphatic carbocycles. The Morgan fingerprint density at radius 3 is 2.80 bits per heavy atom. The Morgan fingerprint density at radius 2 is 2.27 bits per heavy atom. The Morgan fingerprint density at radius 1 is 1.53 bits per heavy atom. The zero-order valence-corrected chi connectivity index (χ0v) is 9.71. The molecule has 2 atom stereocenters. The molecule has 2 aliphatic rings. The van der Waals surface area contributed by atoms with Crippen molar-refractivity contribution in [3.8, 4) is 0 Å². The van der Waals surface area contributed by atoms with Crippen LogP contribution in [-0.2, 0) is 9.53 Å². The first kappa shape index (κ1) is 11.1. The van der Waals surface area contributed by atoms with Gasteiger partial charge in [-0.05, 0) is 25.2 Å². The Balaban J connectivity index is 1.89. The maximum absolute atomic E-state index is 12.1. The Hall–Kier alpha value is -0.410. The lowest BCUT2D eigenvalue weighted by atomic mass is 9.67. The highest BCUT2D eigenvalue weighted by Gasteiger charge is 2.37. The van der Waals surface area contributed by atoms with Gasteiger partial charge < -0.3 is 10.1 Å². The molecule has 1 saturated carbocycles. The number of ether oxygens (including phenoxy) is 1. The Labute approximate surface area is 91.6 Å². The fraction of sp³-hybridized carbons (Fsp3) is 0.917. The maximum Gasteiger partial charge on any atom is 0.152 e. The summed E-state index contributed by atoms with van der Waals surface area (Å²) >= 11 is 0. The number of ketones is 1. The summed E-state index contributed by atoms with van der Waals surface area (Å²) in [5, 5.41) is 3.26. The summed E-state index contributed by atoms with van der Waals surface area (Å²) in [5.74, 6) is 0.337. The molecular formula is C12H21NO2. The SMILES string of the molecule is CC1OCCNC1C(=O)CC1(C)CCC1. The smallest absolute Gasteiger partial charge is 0.152 e. The summed E-state index contributed by atoms with van der Waals surface area (Å²) in [6.45, 7) is 5.74. The molecule has 2 fully saturated rings. The fourth-order valence-corrected chi connectivity index (χ4v) is 2.58.